The Morgan fingerprint density at radius 3 is 2.00 bits per heavy atom. The normalized spacial score (nSPS) is 20.5. The number of nitrogens with zero attached hydrogens (tertiary/aromatic N) is 2. The van der Waals surface area contributed by atoms with E-state index >= 15 is 0 Å². The van der Waals surface area contributed by atoms with E-state index < -0.39 is 11.7 Å². The summed E-state index contributed by atoms with van der Waals surface area (Å²) in [6.45, 7) is 2.41. The molecule has 0 radical (unpaired) electrons. The van der Waals surface area contributed by atoms with Crippen LogP contribution in [0.25, 0.3) is 0 Å². The Hall–Kier alpha value is -6.50. The van der Waals surface area contributed by atoms with Crippen LogP contribution < -0.4 is 25.0 Å². The zero-order valence-corrected chi connectivity index (χ0v) is 33.1. The highest BCUT2D eigenvalue weighted by Gasteiger charge is 2.60. The summed E-state index contributed by atoms with van der Waals surface area (Å²) in [7, 11) is 3.13. The number of hydrogen-bond donors (Lipinski definition) is 3. The molecule has 0 aromatic heterocycles. The van der Waals surface area contributed by atoms with E-state index in [-0.39, 0.29) is 55.2 Å². The minimum atomic E-state index is -1.42. The van der Waals surface area contributed by atoms with Crippen LogP contribution in [0.1, 0.15) is 62.7 Å². The Labute approximate surface area is 342 Å². The average molecular weight is 795 g/mol. The van der Waals surface area contributed by atoms with Crippen LogP contribution in [0.4, 0.5) is 17.1 Å². The van der Waals surface area contributed by atoms with E-state index in [1.54, 1.807) is 96.8 Å². The molecule has 1 fully saturated rings. The molecular formula is C47H46N4O8. The molecular weight excluding hydrogens is 749 g/mol. The predicted octanol–water partition coefficient (Wildman–Crippen LogP) is 6.71. The molecule has 3 aliphatic heterocycles. The van der Waals surface area contributed by atoms with Crippen LogP contribution in [-0.4, -0.2) is 66.6 Å². The van der Waals surface area contributed by atoms with Crippen molar-refractivity contribution in [2.45, 2.75) is 57.0 Å². The number of amides is 4. The van der Waals surface area contributed by atoms with E-state index in [0.717, 1.165) is 16.7 Å². The van der Waals surface area contributed by atoms with Gasteiger partial charge in [0.1, 0.15) is 11.5 Å². The van der Waals surface area contributed by atoms with Crippen LogP contribution in [0.15, 0.2) is 115 Å². The second-order valence-corrected chi connectivity index (χ2v) is 15.3. The number of fused-ring (bicyclic) bond motifs is 3. The van der Waals surface area contributed by atoms with Crippen molar-refractivity contribution in [3.8, 4) is 11.5 Å². The van der Waals surface area contributed by atoms with Gasteiger partial charge in [-0.1, -0.05) is 43.3 Å². The Balaban J connectivity index is 1.05. The number of benzene rings is 5. The molecule has 1 spiro atoms. The Morgan fingerprint density at radius 1 is 0.797 bits per heavy atom. The third kappa shape index (κ3) is 7.64. The molecule has 1 saturated heterocycles. The highest BCUT2D eigenvalue weighted by Crippen LogP contribution is 2.54. The van der Waals surface area contributed by atoms with Gasteiger partial charge >= 0.3 is 0 Å². The van der Waals surface area contributed by atoms with Gasteiger partial charge in [-0.25, -0.2) is 0 Å². The molecule has 5 aromatic carbocycles. The maximum absolute atomic E-state index is 14.9. The SMILES string of the molecule is COc1ccc(C(=O)Nc2ccc(CN3C(=O)[C@@]4(O[C@@H](CC(=O)N5Cc6ccccc6C[C@H]5CO)C[C@H]4C)c4cc(NC(=O)c5ccc(OC)cc5)ccc43)cc2)cc1. The first-order chi connectivity index (χ1) is 28.6. The van der Waals surface area contributed by atoms with Crippen molar-refractivity contribution in [2.75, 3.05) is 36.4 Å². The summed E-state index contributed by atoms with van der Waals surface area (Å²) in [6.07, 6.45) is 0.484. The standard InChI is InChI=1S/C47H46N4O8/c1-29-22-40(25-43(53)50-27-34-7-5-4-6-33(34)23-37(50)28-52)59-47(29)41-24-36(49-45(55)32-12-19-39(58-3)20-13-32)16-21-42(41)51(46(47)56)26-30-8-14-35(15-9-30)48-44(54)31-10-17-38(57-2)18-11-31/h4-21,24,29,37,40,52H,22-23,25-28H2,1-3H3,(H,48,54)(H,49,55)/t29-,37+,40-,47+/m1/s1. The van der Waals surface area contributed by atoms with E-state index in [1.165, 1.54) is 0 Å². The number of anilines is 3. The highest BCUT2D eigenvalue weighted by atomic mass is 16.5. The van der Waals surface area contributed by atoms with Gasteiger partial charge in [-0.05, 0) is 108 Å². The third-order valence-electron chi connectivity index (χ3n) is 11.7. The number of carbonyl (C=O) groups is 4. The number of methoxy groups -OCH3 is 2. The molecule has 302 valence electrons. The first kappa shape index (κ1) is 39.3. The minimum Gasteiger partial charge on any atom is -0.497 e. The van der Waals surface area contributed by atoms with E-state index in [2.05, 4.69) is 10.6 Å². The molecule has 12 heteroatoms. The van der Waals surface area contributed by atoms with Crippen molar-refractivity contribution in [2.24, 2.45) is 5.92 Å². The van der Waals surface area contributed by atoms with Crippen molar-refractivity contribution in [3.63, 3.8) is 0 Å². The lowest BCUT2D eigenvalue weighted by Gasteiger charge is -2.36. The summed E-state index contributed by atoms with van der Waals surface area (Å²) in [5.74, 6) is -0.0339. The molecule has 0 saturated carbocycles. The Kier molecular flexibility index (Phi) is 10.9. The monoisotopic (exact) mass is 794 g/mol. The fourth-order valence-corrected chi connectivity index (χ4v) is 8.55. The van der Waals surface area contributed by atoms with Crippen LogP contribution in [0, 0.1) is 5.92 Å². The summed E-state index contributed by atoms with van der Waals surface area (Å²) in [5.41, 5.74) is 4.83. The summed E-state index contributed by atoms with van der Waals surface area (Å²) < 4.78 is 17.3. The van der Waals surface area contributed by atoms with Gasteiger partial charge in [0.15, 0.2) is 5.60 Å². The zero-order valence-electron chi connectivity index (χ0n) is 33.1. The quantitative estimate of drug-likeness (QED) is 0.134. The molecule has 12 nitrogen and oxygen atoms in total. The van der Waals surface area contributed by atoms with Crippen LogP contribution in [0.2, 0.25) is 0 Å². The molecule has 4 amide bonds. The largest absolute Gasteiger partial charge is 0.497 e. The molecule has 5 aromatic rings. The molecule has 59 heavy (non-hydrogen) atoms. The van der Waals surface area contributed by atoms with Gasteiger partial charge in [0, 0.05) is 40.5 Å². The summed E-state index contributed by atoms with van der Waals surface area (Å²) in [6, 6.07) is 33.9. The molecule has 0 unspecified atom stereocenters. The number of aliphatic hydroxyl groups is 1. The Bertz CT molecular complexity index is 2380. The maximum atomic E-state index is 14.9. The van der Waals surface area contributed by atoms with Crippen LogP contribution >= 0.6 is 0 Å². The smallest absolute Gasteiger partial charge is 0.264 e. The van der Waals surface area contributed by atoms with E-state index in [1.807, 2.05) is 49.4 Å². The first-order valence-corrected chi connectivity index (χ1v) is 19.7. The van der Waals surface area contributed by atoms with Crippen molar-refractivity contribution < 1.29 is 38.5 Å². The third-order valence-corrected chi connectivity index (χ3v) is 11.7. The molecule has 0 bridgehead atoms. The molecule has 8 rings (SSSR count). The number of rotatable bonds is 11. The lowest BCUT2D eigenvalue weighted by atomic mass is 9.82. The minimum absolute atomic E-state index is 0.0466. The number of carbonyl (C=O) groups excluding carboxylic acids is 4. The molecule has 3 aliphatic rings. The van der Waals surface area contributed by atoms with Gasteiger partial charge in [0.25, 0.3) is 17.7 Å². The van der Waals surface area contributed by atoms with Crippen LogP contribution in [0.5, 0.6) is 11.5 Å². The van der Waals surface area contributed by atoms with Crippen LogP contribution in [0.3, 0.4) is 0 Å². The number of aliphatic hydroxyl groups excluding tert-OH is 1. The number of hydrogen-bond acceptors (Lipinski definition) is 8. The van der Waals surface area contributed by atoms with Gasteiger partial charge in [-0.15, -0.1) is 0 Å². The Morgan fingerprint density at radius 2 is 1.39 bits per heavy atom. The van der Waals surface area contributed by atoms with Crippen LogP contribution in [-0.2, 0) is 39.4 Å². The second kappa shape index (κ2) is 16.4. The summed E-state index contributed by atoms with van der Waals surface area (Å²) in [4.78, 5) is 58.6. The lowest BCUT2D eigenvalue weighted by molar-refractivity contribution is -0.151. The fourth-order valence-electron chi connectivity index (χ4n) is 8.55. The molecule has 4 atom stereocenters. The zero-order chi connectivity index (χ0) is 41.3. The highest BCUT2D eigenvalue weighted by molar-refractivity contribution is 6.09. The fraction of sp³-hybridized carbons (Fsp3) is 0.277. The van der Waals surface area contributed by atoms with Gasteiger partial charge in [0.05, 0.1) is 51.6 Å². The second-order valence-electron chi connectivity index (χ2n) is 15.3. The maximum Gasteiger partial charge on any atom is 0.264 e. The number of ether oxygens (including phenoxy) is 3. The van der Waals surface area contributed by atoms with Gasteiger partial charge in [-0.3, -0.25) is 19.2 Å². The van der Waals surface area contributed by atoms with Crippen molar-refractivity contribution >= 4 is 40.7 Å². The van der Waals surface area contributed by atoms with E-state index in [9.17, 15) is 24.3 Å². The van der Waals surface area contributed by atoms with Crippen molar-refractivity contribution in [1.29, 1.82) is 0 Å². The predicted molar refractivity (Wildman–Crippen MR) is 222 cm³/mol. The van der Waals surface area contributed by atoms with Gasteiger partial charge in [-0.2, -0.15) is 0 Å². The van der Waals surface area contributed by atoms with Gasteiger partial charge < -0.3 is 39.8 Å². The molecule has 0 aliphatic carbocycles. The lowest BCUT2D eigenvalue weighted by Crippen LogP contribution is -2.47. The van der Waals surface area contributed by atoms with Crippen molar-refractivity contribution in [1.82, 2.24) is 4.90 Å². The summed E-state index contributed by atoms with van der Waals surface area (Å²) in [5, 5.41) is 16.2. The van der Waals surface area contributed by atoms with Gasteiger partial charge in [0.2, 0.25) is 5.91 Å². The van der Waals surface area contributed by atoms with E-state index in [4.69, 9.17) is 14.2 Å². The first-order valence-electron chi connectivity index (χ1n) is 19.7. The average Bonchev–Trinajstić information content (AvgIpc) is 3.71. The molecule has 3 heterocycles. The summed E-state index contributed by atoms with van der Waals surface area (Å²) >= 11 is 0. The number of nitrogens with one attached hydrogen (secondary N) is 2. The topological polar surface area (TPSA) is 147 Å². The molecule has 3 N–H and O–H groups in total. The van der Waals surface area contributed by atoms with E-state index in [0.29, 0.717) is 64.6 Å². The van der Waals surface area contributed by atoms with Crippen molar-refractivity contribution in [3.05, 3.63) is 149 Å².